The van der Waals surface area contributed by atoms with Crippen LogP contribution in [0.25, 0.3) is 0 Å². The van der Waals surface area contributed by atoms with Gasteiger partial charge in [-0.05, 0) is 19.8 Å². The van der Waals surface area contributed by atoms with Crippen molar-refractivity contribution in [2.24, 2.45) is 0 Å². The Bertz CT molecular complexity index is 176. The fraction of sp³-hybridized carbons (Fsp3) is 0.700. The molecule has 69 valence electrons. The van der Waals surface area contributed by atoms with E-state index in [9.17, 15) is 10.2 Å². The molecule has 2 N–H and O–H groups in total. The SMILES string of the molecule is [CH2]CCC#CC(O)(CC)C(C)O. The number of unbranched alkanes of at least 4 members (excludes halogenated alkanes) is 1. The van der Waals surface area contributed by atoms with Gasteiger partial charge in [-0.1, -0.05) is 19.8 Å². The van der Waals surface area contributed by atoms with Gasteiger partial charge in [-0.2, -0.15) is 0 Å². The van der Waals surface area contributed by atoms with E-state index in [1.165, 1.54) is 0 Å². The first-order valence-corrected chi connectivity index (χ1v) is 4.26. The van der Waals surface area contributed by atoms with Crippen LogP contribution in [0.5, 0.6) is 0 Å². The maximum atomic E-state index is 9.68. The topological polar surface area (TPSA) is 40.5 Å². The molecule has 0 aliphatic heterocycles. The summed E-state index contributed by atoms with van der Waals surface area (Å²) in [6, 6.07) is 0. The molecule has 0 rings (SSSR count). The molecule has 0 aliphatic carbocycles. The van der Waals surface area contributed by atoms with Crippen LogP contribution in [0.4, 0.5) is 0 Å². The summed E-state index contributed by atoms with van der Waals surface area (Å²) in [4.78, 5) is 0. The lowest BCUT2D eigenvalue weighted by Gasteiger charge is -2.23. The van der Waals surface area contributed by atoms with E-state index in [0.29, 0.717) is 12.8 Å². The molecule has 2 nitrogen and oxygen atoms in total. The van der Waals surface area contributed by atoms with Gasteiger partial charge < -0.3 is 10.2 Å². The maximum absolute atomic E-state index is 9.68. The van der Waals surface area contributed by atoms with Crippen molar-refractivity contribution in [2.75, 3.05) is 0 Å². The zero-order valence-electron chi connectivity index (χ0n) is 7.80. The van der Waals surface area contributed by atoms with Crippen LogP contribution in [-0.4, -0.2) is 21.9 Å². The van der Waals surface area contributed by atoms with Crippen LogP contribution >= 0.6 is 0 Å². The predicted octanol–water partition coefficient (Wildman–Crippen LogP) is 1.13. The van der Waals surface area contributed by atoms with Gasteiger partial charge in [-0.15, -0.1) is 5.92 Å². The van der Waals surface area contributed by atoms with Crippen molar-refractivity contribution in [3.05, 3.63) is 6.92 Å². The summed E-state index contributed by atoms with van der Waals surface area (Å²) >= 11 is 0. The molecular formula is C10H17O2. The highest BCUT2D eigenvalue weighted by molar-refractivity contribution is 5.15. The molecule has 2 atom stereocenters. The highest BCUT2D eigenvalue weighted by Crippen LogP contribution is 2.13. The Morgan fingerprint density at radius 1 is 1.58 bits per heavy atom. The first-order valence-electron chi connectivity index (χ1n) is 4.26. The normalized spacial score (nSPS) is 17.4. The number of rotatable bonds is 3. The Balaban J connectivity index is 4.26. The number of hydrogen-bond acceptors (Lipinski definition) is 2. The Kier molecular flexibility index (Phi) is 4.96. The minimum Gasteiger partial charge on any atom is -0.389 e. The molecule has 2 heteroatoms. The van der Waals surface area contributed by atoms with Gasteiger partial charge in [0.25, 0.3) is 0 Å². The fourth-order valence-electron chi connectivity index (χ4n) is 0.792. The quantitative estimate of drug-likeness (QED) is 0.622. The molecule has 0 heterocycles. The summed E-state index contributed by atoms with van der Waals surface area (Å²) < 4.78 is 0. The molecule has 0 aliphatic rings. The predicted molar refractivity (Wildman–Crippen MR) is 49.3 cm³/mol. The molecule has 0 saturated heterocycles. The second-order valence-electron chi connectivity index (χ2n) is 2.86. The molecule has 2 unspecified atom stereocenters. The van der Waals surface area contributed by atoms with Crippen LogP contribution < -0.4 is 0 Å². The largest absolute Gasteiger partial charge is 0.389 e. The van der Waals surface area contributed by atoms with E-state index in [0.717, 1.165) is 6.42 Å². The first-order chi connectivity index (χ1) is 5.56. The van der Waals surface area contributed by atoms with Crippen LogP contribution in [0.3, 0.4) is 0 Å². The van der Waals surface area contributed by atoms with Crippen LogP contribution in [-0.2, 0) is 0 Å². The van der Waals surface area contributed by atoms with Gasteiger partial charge in [-0.25, -0.2) is 0 Å². The maximum Gasteiger partial charge on any atom is 0.150 e. The van der Waals surface area contributed by atoms with E-state index in [1.807, 2.05) is 0 Å². The van der Waals surface area contributed by atoms with Crippen molar-refractivity contribution in [3.63, 3.8) is 0 Å². The molecular weight excluding hydrogens is 152 g/mol. The Morgan fingerprint density at radius 3 is 2.50 bits per heavy atom. The molecule has 0 aromatic carbocycles. The second-order valence-corrected chi connectivity index (χ2v) is 2.86. The van der Waals surface area contributed by atoms with E-state index in [4.69, 9.17) is 0 Å². The zero-order chi connectivity index (χ0) is 9.61. The Hall–Kier alpha value is -0.520. The number of aliphatic hydroxyl groups is 2. The molecule has 0 fully saturated rings. The summed E-state index contributed by atoms with van der Waals surface area (Å²) in [5.74, 6) is 5.45. The minimum atomic E-state index is -1.24. The van der Waals surface area contributed by atoms with Crippen LogP contribution in [0.1, 0.15) is 33.1 Å². The van der Waals surface area contributed by atoms with Crippen molar-refractivity contribution in [1.29, 1.82) is 0 Å². The summed E-state index contributed by atoms with van der Waals surface area (Å²) in [6.07, 6.45) is 1.02. The molecule has 0 aromatic heterocycles. The number of hydrogen-bond donors (Lipinski definition) is 2. The Morgan fingerprint density at radius 2 is 2.17 bits per heavy atom. The van der Waals surface area contributed by atoms with E-state index in [-0.39, 0.29) is 0 Å². The van der Waals surface area contributed by atoms with Crippen molar-refractivity contribution < 1.29 is 10.2 Å². The summed E-state index contributed by atoms with van der Waals surface area (Å²) in [5.41, 5.74) is -1.24. The van der Waals surface area contributed by atoms with E-state index in [1.54, 1.807) is 13.8 Å². The van der Waals surface area contributed by atoms with Crippen molar-refractivity contribution in [3.8, 4) is 11.8 Å². The monoisotopic (exact) mass is 169 g/mol. The second kappa shape index (κ2) is 5.18. The molecule has 1 radical (unpaired) electrons. The van der Waals surface area contributed by atoms with Gasteiger partial charge in [-0.3, -0.25) is 0 Å². The summed E-state index contributed by atoms with van der Waals surface area (Å²) in [7, 11) is 0. The molecule has 0 spiro atoms. The molecule has 0 aromatic rings. The fourth-order valence-corrected chi connectivity index (χ4v) is 0.792. The lowest BCUT2D eigenvalue weighted by atomic mass is 9.95. The highest BCUT2D eigenvalue weighted by Gasteiger charge is 2.27. The van der Waals surface area contributed by atoms with Crippen molar-refractivity contribution >= 4 is 0 Å². The van der Waals surface area contributed by atoms with Crippen LogP contribution in [0, 0.1) is 18.8 Å². The molecule has 0 bridgehead atoms. The van der Waals surface area contributed by atoms with Crippen molar-refractivity contribution in [1.82, 2.24) is 0 Å². The smallest absolute Gasteiger partial charge is 0.150 e. The summed E-state index contributed by atoms with van der Waals surface area (Å²) in [6.45, 7) is 6.97. The Labute approximate surface area is 74.6 Å². The van der Waals surface area contributed by atoms with E-state index in [2.05, 4.69) is 18.8 Å². The third-order valence-electron chi connectivity index (χ3n) is 1.84. The number of aliphatic hydroxyl groups excluding tert-OH is 1. The third-order valence-corrected chi connectivity index (χ3v) is 1.84. The highest BCUT2D eigenvalue weighted by atomic mass is 16.3. The molecule has 0 amide bonds. The average Bonchev–Trinajstić information content (AvgIpc) is 2.04. The first kappa shape index (κ1) is 11.5. The van der Waals surface area contributed by atoms with Gasteiger partial charge in [0.15, 0.2) is 5.60 Å². The summed E-state index contributed by atoms with van der Waals surface area (Å²) in [5, 5.41) is 18.9. The van der Waals surface area contributed by atoms with Gasteiger partial charge in [0, 0.05) is 6.42 Å². The van der Waals surface area contributed by atoms with Crippen LogP contribution in [0.15, 0.2) is 0 Å². The minimum absolute atomic E-state index is 0.439. The average molecular weight is 169 g/mol. The van der Waals surface area contributed by atoms with Crippen LogP contribution in [0.2, 0.25) is 0 Å². The van der Waals surface area contributed by atoms with Gasteiger partial charge in [0.1, 0.15) is 0 Å². The zero-order valence-corrected chi connectivity index (χ0v) is 7.80. The standard InChI is InChI=1S/C10H17O2/c1-4-6-7-8-10(12,5-2)9(3)11/h9,11-12H,1,4-6H2,2-3H3. The van der Waals surface area contributed by atoms with Crippen molar-refractivity contribution in [2.45, 2.75) is 44.8 Å². The van der Waals surface area contributed by atoms with Gasteiger partial charge in [0.2, 0.25) is 0 Å². The third kappa shape index (κ3) is 3.25. The van der Waals surface area contributed by atoms with E-state index < -0.39 is 11.7 Å². The lowest BCUT2D eigenvalue weighted by molar-refractivity contribution is -0.0240. The van der Waals surface area contributed by atoms with E-state index >= 15 is 0 Å². The van der Waals surface area contributed by atoms with Gasteiger partial charge in [0.05, 0.1) is 6.10 Å². The lowest BCUT2D eigenvalue weighted by Crippen LogP contribution is -2.38. The molecule has 0 saturated carbocycles. The molecule has 12 heavy (non-hydrogen) atoms. The van der Waals surface area contributed by atoms with Gasteiger partial charge >= 0.3 is 0 Å².